The summed E-state index contributed by atoms with van der Waals surface area (Å²) < 4.78 is 0. The van der Waals surface area contributed by atoms with Crippen molar-refractivity contribution < 1.29 is 20.1 Å². The molecule has 0 saturated heterocycles. The summed E-state index contributed by atoms with van der Waals surface area (Å²) in [6.07, 6.45) is 0. The van der Waals surface area contributed by atoms with Crippen molar-refractivity contribution in [3.05, 3.63) is 23.3 Å². The quantitative estimate of drug-likeness (QED) is 0.628. The molecular formula is C10H12O4. The second-order valence-electron chi connectivity index (χ2n) is 3.23. The van der Waals surface area contributed by atoms with Crippen LogP contribution in [0.3, 0.4) is 0 Å². The maximum atomic E-state index is 10.7. The summed E-state index contributed by atoms with van der Waals surface area (Å²) in [6, 6.07) is 3.08. The Morgan fingerprint density at radius 2 is 1.86 bits per heavy atom. The van der Waals surface area contributed by atoms with Gasteiger partial charge in [-0.1, -0.05) is 12.1 Å². The lowest BCUT2D eigenvalue weighted by atomic mass is 9.98. The van der Waals surface area contributed by atoms with Gasteiger partial charge in [0.05, 0.1) is 5.92 Å². The van der Waals surface area contributed by atoms with Gasteiger partial charge < -0.3 is 15.3 Å². The van der Waals surface area contributed by atoms with E-state index in [-0.39, 0.29) is 17.1 Å². The molecule has 3 N–H and O–H groups in total. The molecular weight excluding hydrogens is 184 g/mol. The number of benzene rings is 1. The third-order valence-electron chi connectivity index (χ3n) is 2.22. The van der Waals surface area contributed by atoms with Gasteiger partial charge in [0.2, 0.25) is 0 Å². The van der Waals surface area contributed by atoms with E-state index in [1.165, 1.54) is 13.0 Å². The second-order valence-corrected chi connectivity index (χ2v) is 3.23. The fourth-order valence-electron chi connectivity index (χ4n) is 1.18. The van der Waals surface area contributed by atoms with Crippen LogP contribution in [0.2, 0.25) is 0 Å². The normalized spacial score (nSPS) is 12.4. The highest BCUT2D eigenvalue weighted by Crippen LogP contribution is 2.36. The molecule has 1 aromatic rings. The first kappa shape index (κ1) is 10.4. The van der Waals surface area contributed by atoms with Gasteiger partial charge in [0.15, 0.2) is 11.5 Å². The fraction of sp³-hybridized carbons (Fsp3) is 0.300. The van der Waals surface area contributed by atoms with Crippen molar-refractivity contribution in [2.75, 3.05) is 0 Å². The minimum absolute atomic E-state index is 0.223. The number of hydrogen-bond donors (Lipinski definition) is 3. The molecule has 0 bridgehead atoms. The molecule has 0 aliphatic rings. The number of rotatable bonds is 2. The molecule has 1 rings (SSSR count). The van der Waals surface area contributed by atoms with Gasteiger partial charge in [-0.05, 0) is 19.4 Å². The molecule has 4 nitrogen and oxygen atoms in total. The van der Waals surface area contributed by atoms with E-state index in [0.717, 1.165) is 0 Å². The Kier molecular flexibility index (Phi) is 2.65. The van der Waals surface area contributed by atoms with Gasteiger partial charge in [-0.2, -0.15) is 0 Å². The lowest BCUT2D eigenvalue weighted by molar-refractivity contribution is -0.138. The molecule has 76 valence electrons. The Bertz CT molecular complexity index is 371. The summed E-state index contributed by atoms with van der Waals surface area (Å²) in [5.41, 5.74) is 0.740. The summed E-state index contributed by atoms with van der Waals surface area (Å²) in [5.74, 6) is -2.47. The molecule has 4 heteroatoms. The standard InChI is InChI=1S/C10H12O4/c1-5-3-4-7(6(2)10(13)14)9(12)8(5)11/h3-4,6,11-12H,1-2H3,(H,13,14). The van der Waals surface area contributed by atoms with Crippen LogP contribution in [0.15, 0.2) is 12.1 Å². The minimum atomic E-state index is -1.04. The third kappa shape index (κ3) is 1.64. The van der Waals surface area contributed by atoms with Crippen LogP contribution in [-0.2, 0) is 4.79 Å². The molecule has 0 amide bonds. The number of carboxylic acid groups (broad SMARTS) is 1. The maximum Gasteiger partial charge on any atom is 0.310 e. The van der Waals surface area contributed by atoms with Crippen molar-refractivity contribution in [2.24, 2.45) is 0 Å². The lowest BCUT2D eigenvalue weighted by Crippen LogP contribution is -2.07. The van der Waals surface area contributed by atoms with E-state index in [2.05, 4.69) is 0 Å². The summed E-state index contributed by atoms with van der Waals surface area (Å²) in [4.78, 5) is 10.7. The molecule has 0 aliphatic carbocycles. The molecule has 14 heavy (non-hydrogen) atoms. The molecule has 0 fully saturated rings. The first-order valence-corrected chi connectivity index (χ1v) is 4.19. The second kappa shape index (κ2) is 3.57. The third-order valence-corrected chi connectivity index (χ3v) is 2.22. The van der Waals surface area contributed by atoms with Gasteiger partial charge in [-0.15, -0.1) is 0 Å². The Morgan fingerprint density at radius 1 is 1.29 bits per heavy atom. The van der Waals surface area contributed by atoms with Gasteiger partial charge >= 0.3 is 5.97 Å². The molecule has 0 aliphatic heterocycles. The number of aryl methyl sites for hydroxylation is 1. The molecule has 0 heterocycles. The molecule has 0 spiro atoms. The van der Waals surface area contributed by atoms with Crippen LogP contribution in [0.25, 0.3) is 0 Å². The van der Waals surface area contributed by atoms with Crippen LogP contribution < -0.4 is 0 Å². The zero-order chi connectivity index (χ0) is 10.9. The van der Waals surface area contributed by atoms with Crippen LogP contribution in [-0.4, -0.2) is 21.3 Å². The lowest BCUT2D eigenvalue weighted by Gasteiger charge is -2.11. The van der Waals surface area contributed by atoms with E-state index in [0.29, 0.717) is 5.56 Å². The number of aliphatic carboxylic acids is 1. The molecule has 1 atom stereocenters. The number of hydrogen-bond acceptors (Lipinski definition) is 3. The number of phenols is 2. The van der Waals surface area contributed by atoms with Crippen molar-refractivity contribution in [3.63, 3.8) is 0 Å². The minimum Gasteiger partial charge on any atom is -0.504 e. The Morgan fingerprint density at radius 3 is 2.36 bits per heavy atom. The van der Waals surface area contributed by atoms with Gasteiger partial charge in [0, 0.05) is 5.56 Å². The Labute approximate surface area is 81.4 Å². The number of carboxylic acids is 1. The average molecular weight is 196 g/mol. The van der Waals surface area contributed by atoms with Crippen LogP contribution in [0, 0.1) is 6.92 Å². The molecule has 0 radical (unpaired) electrons. The van der Waals surface area contributed by atoms with Crippen molar-refractivity contribution in [3.8, 4) is 11.5 Å². The molecule has 0 aromatic heterocycles. The fourth-order valence-corrected chi connectivity index (χ4v) is 1.18. The Balaban J connectivity index is 3.24. The van der Waals surface area contributed by atoms with Gasteiger partial charge in [0.1, 0.15) is 0 Å². The van der Waals surface area contributed by atoms with Crippen molar-refractivity contribution in [1.82, 2.24) is 0 Å². The first-order valence-electron chi connectivity index (χ1n) is 4.19. The van der Waals surface area contributed by atoms with Crippen molar-refractivity contribution in [2.45, 2.75) is 19.8 Å². The van der Waals surface area contributed by atoms with Crippen LogP contribution in [0.1, 0.15) is 24.0 Å². The monoisotopic (exact) mass is 196 g/mol. The van der Waals surface area contributed by atoms with Crippen molar-refractivity contribution in [1.29, 1.82) is 0 Å². The van der Waals surface area contributed by atoms with E-state index >= 15 is 0 Å². The first-order chi connectivity index (χ1) is 6.45. The molecule has 0 saturated carbocycles. The van der Waals surface area contributed by atoms with Gasteiger partial charge in [0.25, 0.3) is 0 Å². The maximum absolute atomic E-state index is 10.7. The highest BCUT2D eigenvalue weighted by Gasteiger charge is 2.20. The summed E-state index contributed by atoms with van der Waals surface area (Å²) >= 11 is 0. The number of carbonyl (C=O) groups is 1. The van der Waals surface area contributed by atoms with Crippen LogP contribution in [0.5, 0.6) is 11.5 Å². The van der Waals surface area contributed by atoms with Gasteiger partial charge in [-0.25, -0.2) is 0 Å². The van der Waals surface area contributed by atoms with Crippen LogP contribution in [0.4, 0.5) is 0 Å². The average Bonchev–Trinajstić information content (AvgIpc) is 2.13. The summed E-state index contributed by atoms with van der Waals surface area (Å²) in [5, 5.41) is 27.6. The summed E-state index contributed by atoms with van der Waals surface area (Å²) in [7, 11) is 0. The van der Waals surface area contributed by atoms with E-state index < -0.39 is 11.9 Å². The molecule has 1 aromatic carbocycles. The van der Waals surface area contributed by atoms with Gasteiger partial charge in [-0.3, -0.25) is 4.79 Å². The predicted molar refractivity (Wildman–Crippen MR) is 50.6 cm³/mol. The SMILES string of the molecule is Cc1ccc(C(C)C(=O)O)c(O)c1O. The number of phenolic OH excluding ortho intramolecular Hbond substituents is 2. The number of aromatic hydroxyl groups is 2. The zero-order valence-corrected chi connectivity index (χ0v) is 7.98. The zero-order valence-electron chi connectivity index (χ0n) is 7.98. The predicted octanol–water partition coefficient (Wildman–Crippen LogP) is 1.59. The summed E-state index contributed by atoms with van der Waals surface area (Å²) in [6.45, 7) is 3.08. The van der Waals surface area contributed by atoms with Crippen LogP contribution >= 0.6 is 0 Å². The van der Waals surface area contributed by atoms with E-state index in [4.69, 9.17) is 5.11 Å². The smallest absolute Gasteiger partial charge is 0.310 e. The van der Waals surface area contributed by atoms with E-state index in [9.17, 15) is 15.0 Å². The van der Waals surface area contributed by atoms with E-state index in [1.807, 2.05) is 0 Å². The largest absolute Gasteiger partial charge is 0.504 e. The molecule has 1 unspecified atom stereocenters. The highest BCUT2D eigenvalue weighted by molar-refractivity contribution is 5.77. The topological polar surface area (TPSA) is 77.8 Å². The van der Waals surface area contributed by atoms with E-state index in [1.54, 1.807) is 13.0 Å². The highest BCUT2D eigenvalue weighted by atomic mass is 16.4. The Hall–Kier alpha value is -1.71. The van der Waals surface area contributed by atoms with Crippen molar-refractivity contribution >= 4 is 5.97 Å².